The number of esters is 1. The van der Waals surface area contributed by atoms with Crippen LogP contribution in [0.4, 0.5) is 5.69 Å². The smallest absolute Gasteiger partial charge is 0.313 e. The van der Waals surface area contributed by atoms with Crippen molar-refractivity contribution in [3.63, 3.8) is 0 Å². The summed E-state index contributed by atoms with van der Waals surface area (Å²) in [5.74, 6) is -0.753. The second-order valence-corrected chi connectivity index (χ2v) is 4.30. The normalized spacial score (nSPS) is 11.9. The predicted molar refractivity (Wildman–Crippen MR) is 65.8 cm³/mol. The minimum Gasteiger partial charge on any atom is -0.469 e. The van der Waals surface area contributed by atoms with Crippen molar-refractivity contribution in [2.45, 2.75) is 19.3 Å². The third kappa shape index (κ3) is 3.03. The number of benzene rings is 1. The van der Waals surface area contributed by atoms with Crippen LogP contribution in [0.25, 0.3) is 0 Å². The summed E-state index contributed by atoms with van der Waals surface area (Å²) >= 11 is 3.24. The molecular weight excluding hydrogens is 290 g/mol. The summed E-state index contributed by atoms with van der Waals surface area (Å²) in [6.45, 7) is 1.86. The highest BCUT2D eigenvalue weighted by atomic mass is 79.9. The van der Waals surface area contributed by atoms with Gasteiger partial charge in [-0.05, 0) is 12.0 Å². The van der Waals surface area contributed by atoms with E-state index in [9.17, 15) is 14.9 Å². The maximum atomic E-state index is 11.5. The number of carbonyl (C=O) groups is 1. The number of carbonyl (C=O) groups excluding carboxylic acids is 1. The Morgan fingerprint density at radius 2 is 2.24 bits per heavy atom. The first-order valence-electron chi connectivity index (χ1n) is 5.02. The van der Waals surface area contributed by atoms with Crippen LogP contribution in [0.1, 0.15) is 24.8 Å². The SMILES string of the molecule is CCC(C(=O)OC)c1ccc([N+](=O)[O-])cc1Br. The molecule has 92 valence electrons. The van der Waals surface area contributed by atoms with E-state index in [0.29, 0.717) is 16.5 Å². The van der Waals surface area contributed by atoms with Crippen LogP contribution >= 0.6 is 15.9 Å². The summed E-state index contributed by atoms with van der Waals surface area (Å²) in [5.41, 5.74) is 0.685. The van der Waals surface area contributed by atoms with Crippen molar-refractivity contribution in [3.8, 4) is 0 Å². The van der Waals surface area contributed by atoms with Gasteiger partial charge in [-0.2, -0.15) is 0 Å². The Labute approximate surface area is 107 Å². The van der Waals surface area contributed by atoms with E-state index >= 15 is 0 Å². The number of non-ortho nitro benzene ring substituents is 1. The van der Waals surface area contributed by atoms with Crippen LogP contribution in [0.2, 0.25) is 0 Å². The third-order valence-electron chi connectivity index (χ3n) is 2.46. The fourth-order valence-electron chi connectivity index (χ4n) is 1.57. The molecule has 0 radical (unpaired) electrons. The van der Waals surface area contributed by atoms with Crippen LogP contribution in [0.15, 0.2) is 22.7 Å². The first-order valence-corrected chi connectivity index (χ1v) is 5.82. The molecule has 0 saturated heterocycles. The Morgan fingerprint density at radius 3 is 2.65 bits per heavy atom. The van der Waals surface area contributed by atoms with Crippen molar-refractivity contribution in [3.05, 3.63) is 38.3 Å². The Morgan fingerprint density at radius 1 is 1.59 bits per heavy atom. The topological polar surface area (TPSA) is 69.4 Å². The van der Waals surface area contributed by atoms with E-state index in [1.54, 1.807) is 6.07 Å². The molecular formula is C11H12BrNO4. The zero-order chi connectivity index (χ0) is 13.0. The van der Waals surface area contributed by atoms with Crippen molar-refractivity contribution < 1.29 is 14.5 Å². The Bertz CT molecular complexity index is 447. The molecule has 1 rings (SSSR count). The Balaban J connectivity index is 3.13. The van der Waals surface area contributed by atoms with Crippen LogP contribution in [0.5, 0.6) is 0 Å². The van der Waals surface area contributed by atoms with Gasteiger partial charge in [0.2, 0.25) is 0 Å². The molecule has 0 amide bonds. The van der Waals surface area contributed by atoms with Crippen molar-refractivity contribution in [1.82, 2.24) is 0 Å². The maximum Gasteiger partial charge on any atom is 0.313 e. The van der Waals surface area contributed by atoms with E-state index in [-0.39, 0.29) is 11.7 Å². The van der Waals surface area contributed by atoms with Crippen LogP contribution < -0.4 is 0 Å². The second kappa shape index (κ2) is 5.77. The number of nitrogens with zero attached hydrogens (tertiary/aromatic N) is 1. The van der Waals surface area contributed by atoms with E-state index < -0.39 is 10.8 Å². The van der Waals surface area contributed by atoms with Gasteiger partial charge in [-0.3, -0.25) is 14.9 Å². The minimum absolute atomic E-state index is 0.0136. The van der Waals surface area contributed by atoms with Gasteiger partial charge in [-0.1, -0.05) is 28.9 Å². The van der Waals surface area contributed by atoms with Gasteiger partial charge in [0.25, 0.3) is 5.69 Å². The monoisotopic (exact) mass is 301 g/mol. The fourth-order valence-corrected chi connectivity index (χ4v) is 2.21. The number of rotatable bonds is 4. The van der Waals surface area contributed by atoms with Crippen molar-refractivity contribution in [2.75, 3.05) is 7.11 Å². The largest absolute Gasteiger partial charge is 0.469 e. The van der Waals surface area contributed by atoms with Gasteiger partial charge in [-0.15, -0.1) is 0 Å². The summed E-state index contributed by atoms with van der Waals surface area (Å²) in [6.07, 6.45) is 0.573. The van der Waals surface area contributed by atoms with Gasteiger partial charge in [-0.25, -0.2) is 0 Å². The number of methoxy groups -OCH3 is 1. The molecule has 1 aromatic rings. The quantitative estimate of drug-likeness (QED) is 0.487. The Hall–Kier alpha value is -1.43. The van der Waals surface area contributed by atoms with Crippen LogP contribution in [-0.4, -0.2) is 18.0 Å². The standard InChI is InChI=1S/C11H12BrNO4/c1-3-8(11(14)17-2)9-5-4-7(13(15)16)6-10(9)12/h4-6,8H,3H2,1-2H3. The van der Waals surface area contributed by atoms with Crippen LogP contribution in [0.3, 0.4) is 0 Å². The van der Waals surface area contributed by atoms with E-state index in [2.05, 4.69) is 15.9 Å². The number of nitro benzene ring substituents is 1. The molecule has 5 nitrogen and oxygen atoms in total. The molecule has 0 fully saturated rings. The summed E-state index contributed by atoms with van der Waals surface area (Å²) in [4.78, 5) is 21.6. The lowest BCUT2D eigenvalue weighted by Gasteiger charge is -2.14. The first kappa shape index (κ1) is 13.6. The molecule has 1 atom stereocenters. The zero-order valence-corrected chi connectivity index (χ0v) is 11.1. The average molecular weight is 302 g/mol. The van der Waals surface area contributed by atoms with E-state index in [4.69, 9.17) is 4.74 Å². The average Bonchev–Trinajstić information content (AvgIpc) is 2.31. The predicted octanol–water partition coefficient (Wildman–Crippen LogP) is 3.02. The molecule has 0 N–H and O–H groups in total. The zero-order valence-electron chi connectivity index (χ0n) is 9.47. The van der Waals surface area contributed by atoms with E-state index in [1.807, 2.05) is 6.92 Å². The molecule has 0 aliphatic carbocycles. The summed E-state index contributed by atoms with van der Waals surface area (Å²) in [5, 5.41) is 10.6. The molecule has 1 unspecified atom stereocenters. The highest BCUT2D eigenvalue weighted by Crippen LogP contribution is 2.31. The lowest BCUT2D eigenvalue weighted by atomic mass is 9.96. The molecule has 17 heavy (non-hydrogen) atoms. The summed E-state index contributed by atoms with van der Waals surface area (Å²) < 4.78 is 5.24. The molecule has 0 heterocycles. The molecule has 0 aliphatic rings. The lowest BCUT2D eigenvalue weighted by molar-refractivity contribution is -0.384. The third-order valence-corrected chi connectivity index (χ3v) is 3.15. The number of halogens is 1. The van der Waals surface area contributed by atoms with Crippen molar-refractivity contribution in [1.29, 1.82) is 0 Å². The molecule has 0 bridgehead atoms. The number of hydrogen-bond donors (Lipinski definition) is 0. The van der Waals surface area contributed by atoms with Crippen molar-refractivity contribution >= 4 is 27.6 Å². The molecule has 0 saturated carbocycles. The lowest BCUT2D eigenvalue weighted by Crippen LogP contribution is -2.14. The number of hydrogen-bond acceptors (Lipinski definition) is 4. The molecule has 0 aromatic heterocycles. The maximum absolute atomic E-state index is 11.5. The second-order valence-electron chi connectivity index (χ2n) is 3.45. The molecule has 1 aromatic carbocycles. The summed E-state index contributed by atoms with van der Waals surface area (Å²) in [6, 6.07) is 4.35. The van der Waals surface area contributed by atoms with E-state index in [0.717, 1.165) is 0 Å². The van der Waals surface area contributed by atoms with Gasteiger partial charge in [0.15, 0.2) is 0 Å². The van der Waals surface area contributed by atoms with Crippen molar-refractivity contribution in [2.24, 2.45) is 0 Å². The number of ether oxygens (including phenoxy) is 1. The summed E-state index contributed by atoms with van der Waals surface area (Å²) in [7, 11) is 1.32. The minimum atomic E-state index is -0.479. The molecule has 0 spiro atoms. The van der Waals surface area contributed by atoms with Gasteiger partial charge in [0.05, 0.1) is 18.0 Å². The number of nitro groups is 1. The van der Waals surface area contributed by atoms with Gasteiger partial charge in [0, 0.05) is 16.6 Å². The van der Waals surface area contributed by atoms with Crippen LogP contribution in [0, 0.1) is 10.1 Å². The van der Waals surface area contributed by atoms with Gasteiger partial charge >= 0.3 is 5.97 Å². The fraction of sp³-hybridized carbons (Fsp3) is 0.364. The van der Waals surface area contributed by atoms with Crippen LogP contribution in [-0.2, 0) is 9.53 Å². The molecule has 0 aliphatic heterocycles. The van der Waals surface area contributed by atoms with E-state index in [1.165, 1.54) is 19.2 Å². The highest BCUT2D eigenvalue weighted by Gasteiger charge is 2.22. The van der Waals surface area contributed by atoms with Gasteiger partial charge < -0.3 is 4.74 Å². The molecule has 6 heteroatoms. The Kier molecular flexibility index (Phi) is 4.62. The first-order chi connectivity index (χ1) is 8.01. The highest BCUT2D eigenvalue weighted by molar-refractivity contribution is 9.10. The van der Waals surface area contributed by atoms with Gasteiger partial charge in [0.1, 0.15) is 0 Å².